The van der Waals surface area contributed by atoms with Gasteiger partial charge in [-0.1, -0.05) is 38.1 Å². The molecule has 190 valence electrons. The van der Waals surface area contributed by atoms with Crippen LogP contribution >= 0.6 is 0 Å². The molecule has 1 N–H and O–H groups in total. The van der Waals surface area contributed by atoms with Gasteiger partial charge in [-0.2, -0.15) is 23.3 Å². The number of nitrogens with zero attached hydrogens (tertiary/aromatic N) is 5. The third-order valence-corrected chi connectivity index (χ3v) is 6.17. The van der Waals surface area contributed by atoms with Crippen LogP contribution in [-0.4, -0.2) is 50.8 Å². The maximum Gasteiger partial charge on any atom is 0.416 e. The number of halogens is 4. The first-order valence-corrected chi connectivity index (χ1v) is 11.8. The lowest BCUT2D eigenvalue weighted by Gasteiger charge is -2.17. The summed E-state index contributed by atoms with van der Waals surface area (Å²) in [6, 6.07) is 8.98. The zero-order valence-corrected chi connectivity index (χ0v) is 20.4. The Bertz CT molecular complexity index is 1330. The second-order valence-corrected chi connectivity index (χ2v) is 8.48. The third kappa shape index (κ3) is 5.48. The minimum absolute atomic E-state index is 0.109. The lowest BCUT2D eigenvalue weighted by Crippen LogP contribution is -2.25. The van der Waals surface area contributed by atoms with E-state index in [0.717, 1.165) is 61.7 Å². The Labute approximate surface area is 207 Å². The van der Waals surface area contributed by atoms with Crippen LogP contribution in [0.5, 0.6) is 0 Å². The van der Waals surface area contributed by atoms with Gasteiger partial charge in [0.1, 0.15) is 11.5 Å². The molecule has 0 aliphatic rings. The summed E-state index contributed by atoms with van der Waals surface area (Å²) >= 11 is 0. The first-order chi connectivity index (χ1) is 17.2. The van der Waals surface area contributed by atoms with Crippen LogP contribution in [0.4, 0.5) is 23.5 Å². The van der Waals surface area contributed by atoms with Crippen LogP contribution in [0.2, 0.25) is 0 Å². The maximum absolute atomic E-state index is 14.3. The van der Waals surface area contributed by atoms with Gasteiger partial charge in [-0.05, 0) is 49.8 Å². The zero-order chi connectivity index (χ0) is 25.9. The van der Waals surface area contributed by atoms with E-state index < -0.39 is 17.6 Å². The fraction of sp³-hybridized carbons (Fsp3) is 0.346. The Morgan fingerprint density at radius 3 is 2.36 bits per heavy atom. The Balaban J connectivity index is 1.54. The minimum Gasteiger partial charge on any atom is -0.354 e. The summed E-state index contributed by atoms with van der Waals surface area (Å²) in [5.74, 6) is -0.198. The molecule has 2 heterocycles. The summed E-state index contributed by atoms with van der Waals surface area (Å²) < 4.78 is 55.2. The molecule has 36 heavy (non-hydrogen) atoms. The van der Waals surface area contributed by atoms with Crippen LogP contribution in [0.1, 0.15) is 25.8 Å². The Kier molecular flexibility index (Phi) is 7.53. The topological polar surface area (TPSA) is 58.9 Å². The van der Waals surface area contributed by atoms with Crippen LogP contribution in [0.3, 0.4) is 0 Å². The molecule has 0 aliphatic heterocycles. The lowest BCUT2D eigenvalue weighted by molar-refractivity contribution is -0.137. The van der Waals surface area contributed by atoms with Crippen LogP contribution in [0, 0.1) is 5.82 Å². The van der Waals surface area contributed by atoms with E-state index in [1.165, 1.54) is 0 Å². The quantitative estimate of drug-likeness (QED) is 0.226. The van der Waals surface area contributed by atoms with E-state index in [1.54, 1.807) is 42.2 Å². The first-order valence-electron chi connectivity index (χ1n) is 11.8. The molecule has 0 bridgehead atoms. The van der Waals surface area contributed by atoms with Crippen LogP contribution in [0.25, 0.3) is 33.4 Å². The number of benzene rings is 2. The van der Waals surface area contributed by atoms with E-state index >= 15 is 0 Å². The number of fused-ring (bicyclic) bond motifs is 1. The number of rotatable bonds is 9. The Hall–Kier alpha value is -3.53. The van der Waals surface area contributed by atoms with Gasteiger partial charge in [0, 0.05) is 30.9 Å². The van der Waals surface area contributed by atoms with Crippen molar-refractivity contribution >= 4 is 17.0 Å². The first kappa shape index (κ1) is 25.6. The largest absolute Gasteiger partial charge is 0.416 e. The standard InChI is InChI=1S/C26H28F4N6/c1-4-36(5-2)14-6-13-31-25-32-16-21-23(34-35(3)24(21)33-25)18-9-7-17(8-10-18)20-15-19(26(28,29)30)11-12-22(20)27/h7-12,15-16H,4-6,13-14H2,1-3H3,(H,31,32,33). The number of hydrogen-bond acceptors (Lipinski definition) is 5. The van der Waals surface area contributed by atoms with Gasteiger partial charge in [-0.3, -0.25) is 0 Å². The summed E-state index contributed by atoms with van der Waals surface area (Å²) in [5, 5.41) is 8.56. The van der Waals surface area contributed by atoms with Crippen molar-refractivity contribution in [3.63, 3.8) is 0 Å². The van der Waals surface area contributed by atoms with Crippen LogP contribution < -0.4 is 5.32 Å². The van der Waals surface area contributed by atoms with E-state index in [1.807, 2.05) is 0 Å². The van der Waals surface area contributed by atoms with E-state index in [-0.39, 0.29) is 5.56 Å². The van der Waals surface area contributed by atoms with Gasteiger partial charge in [-0.15, -0.1) is 0 Å². The smallest absolute Gasteiger partial charge is 0.354 e. The molecule has 0 saturated heterocycles. The number of anilines is 1. The molecule has 4 aromatic rings. The van der Waals surface area contributed by atoms with Crippen molar-refractivity contribution in [3.05, 3.63) is 60.0 Å². The number of aryl methyl sites for hydroxylation is 1. The highest BCUT2D eigenvalue weighted by Gasteiger charge is 2.31. The average Bonchev–Trinajstić information content (AvgIpc) is 3.19. The highest BCUT2D eigenvalue weighted by molar-refractivity contribution is 5.91. The summed E-state index contributed by atoms with van der Waals surface area (Å²) in [6.07, 6.45) is -1.87. The molecule has 0 amide bonds. The predicted octanol–water partition coefficient (Wildman–Crippen LogP) is 6.00. The molecule has 6 nitrogen and oxygen atoms in total. The molecule has 2 aromatic heterocycles. The van der Waals surface area contributed by atoms with Crippen molar-refractivity contribution in [1.29, 1.82) is 0 Å². The minimum atomic E-state index is -4.55. The SMILES string of the molecule is CCN(CC)CCCNc1ncc2c(-c3ccc(-c4cc(C(F)(F)F)ccc4F)cc3)nn(C)c2n1. The monoisotopic (exact) mass is 500 g/mol. The molecule has 2 aromatic carbocycles. The molecule has 0 aliphatic carbocycles. The predicted molar refractivity (Wildman–Crippen MR) is 133 cm³/mol. The highest BCUT2D eigenvalue weighted by Crippen LogP contribution is 2.35. The van der Waals surface area contributed by atoms with E-state index in [4.69, 9.17) is 0 Å². The van der Waals surface area contributed by atoms with E-state index in [0.29, 0.717) is 22.9 Å². The number of nitrogens with one attached hydrogen (secondary N) is 1. The van der Waals surface area contributed by atoms with Gasteiger partial charge in [-0.25, -0.2) is 14.1 Å². The van der Waals surface area contributed by atoms with Gasteiger partial charge in [0.25, 0.3) is 0 Å². The summed E-state index contributed by atoms with van der Waals surface area (Å²) in [4.78, 5) is 11.4. The molecule has 0 fully saturated rings. The van der Waals surface area contributed by atoms with Gasteiger partial charge < -0.3 is 10.2 Å². The molecule has 0 atom stereocenters. The van der Waals surface area contributed by atoms with Crippen LogP contribution in [-0.2, 0) is 13.2 Å². The molecule has 10 heteroatoms. The maximum atomic E-state index is 14.3. The third-order valence-electron chi connectivity index (χ3n) is 6.17. The summed E-state index contributed by atoms with van der Waals surface area (Å²) in [5.41, 5.74) is 1.35. The number of hydrogen-bond donors (Lipinski definition) is 1. The Morgan fingerprint density at radius 2 is 1.69 bits per heavy atom. The number of aromatic nitrogens is 4. The fourth-order valence-corrected chi connectivity index (χ4v) is 4.11. The van der Waals surface area contributed by atoms with Crippen molar-refractivity contribution in [2.45, 2.75) is 26.4 Å². The Morgan fingerprint density at radius 1 is 1.00 bits per heavy atom. The summed E-state index contributed by atoms with van der Waals surface area (Å²) in [7, 11) is 1.79. The summed E-state index contributed by atoms with van der Waals surface area (Å²) in [6.45, 7) is 8.08. The average molecular weight is 501 g/mol. The fourth-order valence-electron chi connectivity index (χ4n) is 4.11. The van der Waals surface area contributed by atoms with Gasteiger partial charge >= 0.3 is 6.18 Å². The van der Waals surface area contributed by atoms with E-state index in [2.05, 4.69) is 39.1 Å². The second kappa shape index (κ2) is 10.6. The van der Waals surface area contributed by atoms with Crippen molar-refractivity contribution in [2.24, 2.45) is 7.05 Å². The molecule has 0 saturated carbocycles. The van der Waals surface area contributed by atoms with Crippen molar-refractivity contribution in [2.75, 3.05) is 31.5 Å². The molecule has 0 unspecified atom stereocenters. The van der Waals surface area contributed by atoms with Gasteiger partial charge in [0.05, 0.1) is 10.9 Å². The molecule has 0 spiro atoms. The normalized spacial score (nSPS) is 12.0. The van der Waals surface area contributed by atoms with Crippen molar-refractivity contribution in [1.82, 2.24) is 24.6 Å². The lowest BCUT2D eigenvalue weighted by atomic mass is 10.00. The molecule has 4 rings (SSSR count). The van der Waals surface area contributed by atoms with Crippen molar-refractivity contribution < 1.29 is 17.6 Å². The molecular weight excluding hydrogens is 472 g/mol. The van der Waals surface area contributed by atoms with E-state index in [9.17, 15) is 17.6 Å². The second-order valence-electron chi connectivity index (χ2n) is 8.48. The number of alkyl halides is 3. The molecule has 0 radical (unpaired) electrons. The zero-order valence-electron chi connectivity index (χ0n) is 20.4. The highest BCUT2D eigenvalue weighted by atomic mass is 19.4. The van der Waals surface area contributed by atoms with Gasteiger partial charge in [0.2, 0.25) is 5.95 Å². The molecular formula is C26H28F4N6. The van der Waals surface area contributed by atoms with Crippen molar-refractivity contribution in [3.8, 4) is 22.4 Å². The van der Waals surface area contributed by atoms with Gasteiger partial charge in [0.15, 0.2) is 5.65 Å². The van der Waals surface area contributed by atoms with Crippen LogP contribution in [0.15, 0.2) is 48.7 Å².